The Balaban J connectivity index is 1.58. The van der Waals surface area contributed by atoms with Crippen LogP contribution in [0, 0.1) is 5.92 Å². The Bertz CT molecular complexity index is 881. The minimum Gasteiger partial charge on any atom is -0.308 e. The summed E-state index contributed by atoms with van der Waals surface area (Å²) in [6.07, 6.45) is 5.38. The van der Waals surface area contributed by atoms with Crippen molar-refractivity contribution in [1.29, 1.82) is 0 Å². The summed E-state index contributed by atoms with van der Waals surface area (Å²) in [5.74, 6) is 0.724. The van der Waals surface area contributed by atoms with Crippen molar-refractivity contribution in [2.24, 2.45) is 5.92 Å². The monoisotopic (exact) mass is 335 g/mol. The van der Waals surface area contributed by atoms with Crippen LogP contribution in [0.1, 0.15) is 12.8 Å². The average molecular weight is 335 g/mol. The molecule has 1 aromatic carbocycles. The summed E-state index contributed by atoms with van der Waals surface area (Å²) < 4.78 is 0. The molecular formula is C19H21N5O. The minimum atomic E-state index is 0.0597. The van der Waals surface area contributed by atoms with E-state index in [2.05, 4.69) is 32.4 Å². The number of anilines is 1. The van der Waals surface area contributed by atoms with Crippen molar-refractivity contribution < 1.29 is 4.79 Å². The van der Waals surface area contributed by atoms with Gasteiger partial charge in [-0.05, 0) is 56.7 Å². The zero-order chi connectivity index (χ0) is 17.2. The molecule has 1 amide bonds. The Labute approximate surface area is 146 Å². The van der Waals surface area contributed by atoms with Gasteiger partial charge in [0.25, 0.3) is 0 Å². The summed E-state index contributed by atoms with van der Waals surface area (Å²) in [4.78, 5) is 19.0. The molecule has 0 saturated carbocycles. The number of carbonyl (C=O) groups is 1. The first-order valence-electron chi connectivity index (χ1n) is 8.58. The molecule has 1 aliphatic heterocycles. The minimum absolute atomic E-state index is 0.0597. The Morgan fingerprint density at radius 2 is 2.08 bits per heavy atom. The fourth-order valence-electron chi connectivity index (χ4n) is 3.31. The van der Waals surface area contributed by atoms with Gasteiger partial charge in [0.1, 0.15) is 0 Å². The van der Waals surface area contributed by atoms with E-state index >= 15 is 0 Å². The number of fused-ring (bicyclic) bond motifs is 1. The van der Waals surface area contributed by atoms with Gasteiger partial charge in [0.05, 0.1) is 5.52 Å². The molecule has 1 fully saturated rings. The zero-order valence-corrected chi connectivity index (χ0v) is 14.2. The number of likely N-dealkylation sites (tertiary alicyclic amines) is 1. The molecule has 6 heteroatoms. The molecule has 0 radical (unpaired) electrons. The van der Waals surface area contributed by atoms with Gasteiger partial charge in [-0.15, -0.1) is 0 Å². The first-order valence-corrected chi connectivity index (χ1v) is 8.58. The predicted octanol–water partition coefficient (Wildman–Crippen LogP) is 2.91. The van der Waals surface area contributed by atoms with Gasteiger partial charge in [0.15, 0.2) is 5.82 Å². The molecule has 3 aromatic rings. The average Bonchev–Trinajstić information content (AvgIpc) is 3.05. The molecule has 2 aromatic heterocycles. The molecule has 2 N–H and O–H groups in total. The first kappa shape index (κ1) is 15.8. The van der Waals surface area contributed by atoms with E-state index < -0.39 is 0 Å². The Hall–Kier alpha value is -2.73. The summed E-state index contributed by atoms with van der Waals surface area (Å²) in [6, 6.07) is 9.98. The number of piperidine rings is 1. The van der Waals surface area contributed by atoms with Crippen molar-refractivity contribution in [3.63, 3.8) is 0 Å². The van der Waals surface area contributed by atoms with Crippen molar-refractivity contribution in [2.75, 3.05) is 25.5 Å². The molecule has 0 aliphatic carbocycles. The Morgan fingerprint density at radius 1 is 1.24 bits per heavy atom. The lowest BCUT2D eigenvalue weighted by Crippen LogP contribution is -2.36. The molecule has 0 bridgehead atoms. The maximum absolute atomic E-state index is 12.6. The number of nitrogens with one attached hydrogen (secondary N) is 2. The summed E-state index contributed by atoms with van der Waals surface area (Å²) in [7, 11) is 2.09. The number of rotatable bonds is 3. The second-order valence-electron chi connectivity index (χ2n) is 6.64. The van der Waals surface area contributed by atoms with E-state index in [-0.39, 0.29) is 11.8 Å². The van der Waals surface area contributed by atoms with Crippen molar-refractivity contribution >= 4 is 22.6 Å². The lowest BCUT2D eigenvalue weighted by atomic mass is 9.96. The molecule has 128 valence electrons. The summed E-state index contributed by atoms with van der Waals surface area (Å²) >= 11 is 0. The van der Waals surface area contributed by atoms with E-state index in [0.29, 0.717) is 5.82 Å². The van der Waals surface area contributed by atoms with Crippen molar-refractivity contribution in [2.45, 2.75) is 12.8 Å². The van der Waals surface area contributed by atoms with E-state index in [9.17, 15) is 4.79 Å². The van der Waals surface area contributed by atoms with Crippen LogP contribution in [-0.2, 0) is 4.79 Å². The lowest BCUT2D eigenvalue weighted by molar-refractivity contribution is -0.121. The number of hydrogen-bond acceptors (Lipinski definition) is 4. The van der Waals surface area contributed by atoms with Gasteiger partial charge in [-0.25, -0.2) is 0 Å². The van der Waals surface area contributed by atoms with Crippen molar-refractivity contribution in [3.05, 3.63) is 42.7 Å². The highest BCUT2D eigenvalue weighted by atomic mass is 16.2. The normalized spacial score (nSPS) is 16.2. The number of aromatic nitrogens is 3. The van der Waals surface area contributed by atoms with Crippen LogP contribution in [0.25, 0.3) is 22.0 Å². The van der Waals surface area contributed by atoms with Crippen LogP contribution in [0.2, 0.25) is 0 Å². The highest BCUT2D eigenvalue weighted by molar-refractivity contribution is 6.01. The third-order valence-electron chi connectivity index (χ3n) is 4.89. The molecule has 0 unspecified atom stereocenters. The second-order valence-corrected chi connectivity index (χ2v) is 6.64. The highest BCUT2D eigenvalue weighted by Gasteiger charge is 2.24. The van der Waals surface area contributed by atoms with Gasteiger partial charge in [-0.3, -0.25) is 14.9 Å². The van der Waals surface area contributed by atoms with Gasteiger partial charge in [0, 0.05) is 29.3 Å². The second kappa shape index (κ2) is 6.64. The SMILES string of the molecule is CN1CCC(C(=O)Nc2n[nH]c3ccc(-c4cccnc4)cc23)CC1. The summed E-state index contributed by atoms with van der Waals surface area (Å²) in [5.41, 5.74) is 3.00. The van der Waals surface area contributed by atoms with Crippen LogP contribution in [0.5, 0.6) is 0 Å². The quantitative estimate of drug-likeness (QED) is 0.772. The van der Waals surface area contributed by atoms with E-state index in [1.54, 1.807) is 6.20 Å². The van der Waals surface area contributed by atoms with Gasteiger partial charge in [-0.1, -0.05) is 12.1 Å². The van der Waals surface area contributed by atoms with Crippen LogP contribution >= 0.6 is 0 Å². The Kier molecular flexibility index (Phi) is 4.19. The van der Waals surface area contributed by atoms with Crippen LogP contribution in [0.3, 0.4) is 0 Å². The van der Waals surface area contributed by atoms with E-state index in [0.717, 1.165) is 48.0 Å². The van der Waals surface area contributed by atoms with Crippen LogP contribution in [0.4, 0.5) is 5.82 Å². The topological polar surface area (TPSA) is 73.9 Å². The summed E-state index contributed by atoms with van der Waals surface area (Å²) in [6.45, 7) is 1.93. The van der Waals surface area contributed by atoms with Crippen molar-refractivity contribution in [3.8, 4) is 11.1 Å². The number of H-pyrrole nitrogens is 1. The van der Waals surface area contributed by atoms with Crippen LogP contribution in [-0.4, -0.2) is 46.1 Å². The third-order valence-corrected chi connectivity index (χ3v) is 4.89. The smallest absolute Gasteiger partial charge is 0.228 e. The van der Waals surface area contributed by atoms with E-state index in [1.165, 1.54) is 0 Å². The molecule has 0 spiro atoms. The number of carbonyl (C=O) groups excluding carboxylic acids is 1. The van der Waals surface area contributed by atoms with E-state index in [1.807, 2.05) is 36.5 Å². The number of amides is 1. The molecule has 1 saturated heterocycles. The van der Waals surface area contributed by atoms with Gasteiger partial charge < -0.3 is 10.2 Å². The highest BCUT2D eigenvalue weighted by Crippen LogP contribution is 2.28. The summed E-state index contributed by atoms with van der Waals surface area (Å²) in [5, 5.41) is 11.2. The number of aromatic amines is 1. The largest absolute Gasteiger partial charge is 0.308 e. The van der Waals surface area contributed by atoms with Gasteiger partial charge in [-0.2, -0.15) is 5.10 Å². The van der Waals surface area contributed by atoms with Gasteiger partial charge in [0.2, 0.25) is 5.91 Å². The number of pyridine rings is 1. The molecule has 25 heavy (non-hydrogen) atoms. The first-order chi connectivity index (χ1) is 12.2. The molecule has 3 heterocycles. The maximum Gasteiger partial charge on any atom is 0.228 e. The predicted molar refractivity (Wildman–Crippen MR) is 98.2 cm³/mol. The molecule has 1 aliphatic rings. The Morgan fingerprint density at radius 3 is 2.84 bits per heavy atom. The van der Waals surface area contributed by atoms with Crippen molar-refractivity contribution in [1.82, 2.24) is 20.1 Å². The van der Waals surface area contributed by atoms with Gasteiger partial charge >= 0.3 is 0 Å². The number of benzene rings is 1. The lowest BCUT2D eigenvalue weighted by Gasteiger charge is -2.27. The fraction of sp³-hybridized carbons (Fsp3) is 0.316. The number of hydrogen-bond donors (Lipinski definition) is 2. The number of nitrogens with zero attached hydrogens (tertiary/aromatic N) is 3. The fourth-order valence-corrected chi connectivity index (χ4v) is 3.31. The molecule has 0 atom stereocenters. The van der Waals surface area contributed by atoms with E-state index in [4.69, 9.17) is 0 Å². The standard InChI is InChI=1S/C19H21N5O/c1-24-9-6-13(7-10-24)19(25)21-18-16-11-14(4-5-17(16)22-23-18)15-3-2-8-20-12-15/h2-5,8,11-13H,6-7,9-10H2,1H3,(H2,21,22,23,25). The zero-order valence-electron chi connectivity index (χ0n) is 14.2. The maximum atomic E-state index is 12.6. The molecular weight excluding hydrogens is 314 g/mol. The third kappa shape index (κ3) is 3.25. The molecule has 6 nitrogen and oxygen atoms in total. The molecule has 4 rings (SSSR count). The van der Waals surface area contributed by atoms with Crippen LogP contribution < -0.4 is 5.32 Å². The van der Waals surface area contributed by atoms with Crippen LogP contribution in [0.15, 0.2) is 42.7 Å².